The van der Waals surface area contributed by atoms with E-state index < -0.39 is 0 Å². The average Bonchev–Trinajstić information content (AvgIpc) is 3.00. The van der Waals surface area contributed by atoms with Crippen LogP contribution in [0, 0.1) is 0 Å². The molecule has 1 aliphatic heterocycles. The molecule has 5 nitrogen and oxygen atoms in total. The van der Waals surface area contributed by atoms with Crippen molar-refractivity contribution in [3.05, 3.63) is 48.0 Å². The largest absolute Gasteiger partial charge is 0.477 e. The van der Waals surface area contributed by atoms with E-state index >= 15 is 0 Å². The van der Waals surface area contributed by atoms with E-state index in [0.717, 1.165) is 24.5 Å². The molecule has 1 saturated heterocycles. The summed E-state index contributed by atoms with van der Waals surface area (Å²) in [4.78, 5) is 18.9. The second-order valence-corrected chi connectivity index (χ2v) is 6.56. The highest BCUT2D eigenvalue weighted by Gasteiger charge is 2.26. The number of aromatic nitrogens is 1. The van der Waals surface area contributed by atoms with Gasteiger partial charge in [-0.1, -0.05) is 0 Å². The first-order valence-electron chi connectivity index (χ1n) is 7.81. The van der Waals surface area contributed by atoms with Gasteiger partial charge in [-0.25, -0.2) is 4.98 Å². The van der Waals surface area contributed by atoms with Gasteiger partial charge in [-0.3, -0.25) is 4.79 Å². The second-order valence-electron chi connectivity index (χ2n) is 5.24. The van der Waals surface area contributed by atoms with Gasteiger partial charge in [0.05, 0.1) is 18.1 Å². The van der Waals surface area contributed by atoms with Gasteiger partial charge in [0.1, 0.15) is 11.3 Å². The van der Waals surface area contributed by atoms with Crippen molar-refractivity contribution in [2.75, 3.05) is 25.4 Å². The predicted octanol–water partition coefficient (Wildman–Crippen LogP) is 3.39. The molecular formula is C17H20N2O3S. The van der Waals surface area contributed by atoms with Gasteiger partial charge in [-0.15, -0.1) is 11.8 Å². The van der Waals surface area contributed by atoms with E-state index in [1.807, 2.05) is 35.7 Å². The smallest absolute Gasteiger partial charge is 0.259 e. The summed E-state index contributed by atoms with van der Waals surface area (Å²) in [5.74, 6) is 2.28. The van der Waals surface area contributed by atoms with Gasteiger partial charge in [0.25, 0.3) is 5.91 Å². The van der Waals surface area contributed by atoms with E-state index in [2.05, 4.69) is 4.98 Å². The topological polar surface area (TPSA) is 55.6 Å². The predicted molar refractivity (Wildman–Crippen MR) is 89.8 cm³/mol. The van der Waals surface area contributed by atoms with Crippen LogP contribution in [0.5, 0.6) is 5.88 Å². The zero-order valence-corrected chi connectivity index (χ0v) is 13.9. The Morgan fingerprint density at radius 1 is 1.43 bits per heavy atom. The van der Waals surface area contributed by atoms with E-state index in [4.69, 9.17) is 9.15 Å². The molecule has 0 saturated carbocycles. The van der Waals surface area contributed by atoms with Crippen LogP contribution in [-0.2, 0) is 0 Å². The lowest BCUT2D eigenvalue weighted by Gasteiger charge is -2.21. The molecule has 3 heterocycles. The number of rotatable bonds is 4. The normalized spacial score (nSPS) is 18.5. The summed E-state index contributed by atoms with van der Waals surface area (Å²) < 4.78 is 11.0. The van der Waals surface area contributed by atoms with Gasteiger partial charge in [-0.05, 0) is 37.6 Å². The number of carbonyl (C=O) groups is 1. The third-order valence-corrected chi connectivity index (χ3v) is 5.06. The summed E-state index contributed by atoms with van der Waals surface area (Å²) in [7, 11) is 0. The third kappa shape index (κ3) is 3.69. The highest BCUT2D eigenvalue weighted by molar-refractivity contribution is 7.99. The Balaban J connectivity index is 1.71. The van der Waals surface area contributed by atoms with Crippen LogP contribution in [0.2, 0.25) is 0 Å². The van der Waals surface area contributed by atoms with Gasteiger partial charge in [0.2, 0.25) is 5.88 Å². The molecule has 0 bridgehead atoms. The lowest BCUT2D eigenvalue weighted by molar-refractivity contribution is 0.0761. The molecular weight excluding hydrogens is 312 g/mol. The van der Waals surface area contributed by atoms with Crippen LogP contribution in [0.3, 0.4) is 0 Å². The number of furan rings is 1. The van der Waals surface area contributed by atoms with E-state index in [9.17, 15) is 4.79 Å². The lowest BCUT2D eigenvalue weighted by atomic mass is 10.2. The van der Waals surface area contributed by atoms with Crippen molar-refractivity contribution in [1.82, 2.24) is 9.88 Å². The van der Waals surface area contributed by atoms with Crippen molar-refractivity contribution < 1.29 is 13.9 Å². The standard InChI is InChI=1S/C17H20N2O3S/c1-2-21-16-13(5-3-8-18-16)17(20)19-9-7-15(23-12-10-19)14-6-4-11-22-14/h3-6,8,11,15H,2,7,9-10,12H2,1H3/t15-/m1/s1. The summed E-state index contributed by atoms with van der Waals surface area (Å²) in [6.07, 6.45) is 4.23. The lowest BCUT2D eigenvalue weighted by Crippen LogP contribution is -2.33. The molecule has 1 amide bonds. The fourth-order valence-corrected chi connectivity index (χ4v) is 3.83. The van der Waals surface area contributed by atoms with Crippen LogP contribution in [-0.4, -0.2) is 41.2 Å². The van der Waals surface area contributed by atoms with Crippen LogP contribution in [0.1, 0.15) is 34.7 Å². The zero-order chi connectivity index (χ0) is 16.1. The first-order chi connectivity index (χ1) is 11.3. The molecule has 6 heteroatoms. The van der Waals surface area contributed by atoms with Crippen LogP contribution < -0.4 is 4.74 Å². The monoisotopic (exact) mass is 332 g/mol. The molecule has 3 rings (SSSR count). The fourth-order valence-electron chi connectivity index (χ4n) is 2.65. The number of nitrogens with zero attached hydrogens (tertiary/aromatic N) is 2. The molecule has 122 valence electrons. The Bertz CT molecular complexity index is 645. The van der Waals surface area contributed by atoms with Crippen molar-refractivity contribution in [3.8, 4) is 5.88 Å². The summed E-state index contributed by atoms with van der Waals surface area (Å²) in [5, 5.41) is 0.308. The third-order valence-electron chi connectivity index (χ3n) is 3.77. The molecule has 2 aromatic rings. The summed E-state index contributed by atoms with van der Waals surface area (Å²) in [5.41, 5.74) is 0.538. The molecule has 0 aromatic carbocycles. The Kier molecular flexibility index (Phi) is 5.23. The van der Waals surface area contributed by atoms with Crippen LogP contribution in [0.4, 0.5) is 0 Å². The average molecular weight is 332 g/mol. The number of ether oxygens (including phenoxy) is 1. The van der Waals surface area contributed by atoms with E-state index in [1.54, 1.807) is 24.6 Å². The Hall–Kier alpha value is -1.95. The fraction of sp³-hybridized carbons (Fsp3) is 0.412. The minimum Gasteiger partial charge on any atom is -0.477 e. The molecule has 1 atom stereocenters. The maximum absolute atomic E-state index is 12.8. The van der Waals surface area contributed by atoms with Crippen LogP contribution >= 0.6 is 11.8 Å². The first kappa shape index (κ1) is 15.9. The first-order valence-corrected chi connectivity index (χ1v) is 8.86. The van der Waals surface area contributed by atoms with Crippen molar-refractivity contribution in [2.24, 2.45) is 0 Å². The van der Waals surface area contributed by atoms with Crippen molar-refractivity contribution in [1.29, 1.82) is 0 Å². The second kappa shape index (κ2) is 7.55. The number of carbonyl (C=O) groups excluding carboxylic acids is 1. The molecule has 0 aliphatic carbocycles. The Morgan fingerprint density at radius 2 is 2.35 bits per heavy atom. The van der Waals surface area contributed by atoms with Gasteiger partial charge >= 0.3 is 0 Å². The maximum atomic E-state index is 12.8. The molecule has 0 radical (unpaired) electrons. The number of hydrogen-bond acceptors (Lipinski definition) is 5. The summed E-state index contributed by atoms with van der Waals surface area (Å²) in [6, 6.07) is 7.47. The minimum atomic E-state index is -0.0118. The van der Waals surface area contributed by atoms with Crippen molar-refractivity contribution in [3.63, 3.8) is 0 Å². The molecule has 1 fully saturated rings. The van der Waals surface area contributed by atoms with Gasteiger partial charge in [0, 0.05) is 25.0 Å². The highest BCUT2D eigenvalue weighted by atomic mass is 32.2. The Labute approximate surface area is 140 Å². The van der Waals surface area contributed by atoms with Gasteiger partial charge < -0.3 is 14.1 Å². The number of pyridine rings is 1. The molecule has 0 spiro atoms. The molecule has 0 unspecified atom stereocenters. The molecule has 2 aromatic heterocycles. The number of amides is 1. The quantitative estimate of drug-likeness (QED) is 0.859. The SMILES string of the molecule is CCOc1ncccc1C(=O)N1CCS[C@@H](c2ccco2)CC1. The zero-order valence-electron chi connectivity index (χ0n) is 13.1. The van der Waals surface area contributed by atoms with Crippen molar-refractivity contribution >= 4 is 17.7 Å². The van der Waals surface area contributed by atoms with Crippen molar-refractivity contribution in [2.45, 2.75) is 18.6 Å². The van der Waals surface area contributed by atoms with Crippen LogP contribution in [0.25, 0.3) is 0 Å². The maximum Gasteiger partial charge on any atom is 0.259 e. The molecule has 1 aliphatic rings. The van der Waals surface area contributed by atoms with E-state index in [-0.39, 0.29) is 5.91 Å². The molecule has 0 N–H and O–H groups in total. The van der Waals surface area contributed by atoms with E-state index in [0.29, 0.717) is 29.8 Å². The van der Waals surface area contributed by atoms with Gasteiger partial charge in [-0.2, -0.15) is 0 Å². The minimum absolute atomic E-state index is 0.0118. The van der Waals surface area contributed by atoms with Gasteiger partial charge in [0.15, 0.2) is 0 Å². The number of thioether (sulfide) groups is 1. The Morgan fingerprint density at radius 3 is 3.13 bits per heavy atom. The number of hydrogen-bond donors (Lipinski definition) is 0. The molecule has 23 heavy (non-hydrogen) atoms. The van der Waals surface area contributed by atoms with E-state index in [1.165, 1.54) is 0 Å². The summed E-state index contributed by atoms with van der Waals surface area (Å²) >= 11 is 1.84. The highest BCUT2D eigenvalue weighted by Crippen LogP contribution is 2.35. The summed E-state index contributed by atoms with van der Waals surface area (Å²) in [6.45, 7) is 3.81. The van der Waals surface area contributed by atoms with Crippen LogP contribution in [0.15, 0.2) is 41.1 Å².